The van der Waals surface area contributed by atoms with Crippen molar-refractivity contribution >= 4 is 0 Å². The fraction of sp³-hybridized carbons (Fsp3) is 1.00. The van der Waals surface area contributed by atoms with Gasteiger partial charge >= 0.3 is 0 Å². The molecule has 11 heavy (non-hydrogen) atoms. The highest BCUT2D eigenvalue weighted by atomic mass is 15.2. The largest absolute Gasteiger partial charge is 0.315 e. The van der Waals surface area contributed by atoms with E-state index in [0.29, 0.717) is 0 Å². The lowest BCUT2D eigenvalue weighted by molar-refractivity contribution is 0.0179. The lowest BCUT2D eigenvalue weighted by Crippen LogP contribution is -2.54. The molecule has 2 unspecified atom stereocenters. The highest BCUT2D eigenvalue weighted by molar-refractivity contribution is 4.99. The minimum absolute atomic E-state index is 0.919. The molecule has 0 aromatic heterocycles. The Morgan fingerprint density at radius 3 is 2.64 bits per heavy atom. The molecule has 0 radical (unpaired) electrons. The lowest BCUT2D eigenvalue weighted by Gasteiger charge is -2.47. The van der Waals surface area contributed by atoms with Gasteiger partial charge in [-0.15, -0.1) is 0 Å². The molecule has 0 saturated carbocycles. The van der Waals surface area contributed by atoms with Crippen molar-refractivity contribution < 1.29 is 0 Å². The summed E-state index contributed by atoms with van der Waals surface area (Å²) in [6.45, 7) is 5.33. The second-order valence-corrected chi connectivity index (χ2v) is 4.26. The van der Waals surface area contributed by atoms with Crippen LogP contribution in [0.4, 0.5) is 0 Å². The highest BCUT2D eigenvalue weighted by Gasteiger charge is 2.44. The minimum atomic E-state index is 0.919. The first-order valence-electron chi connectivity index (χ1n) is 4.90. The van der Waals surface area contributed by atoms with Gasteiger partial charge in [0.2, 0.25) is 0 Å². The number of piperidine rings is 3. The molecule has 0 aliphatic carbocycles. The van der Waals surface area contributed by atoms with Crippen LogP contribution in [0.15, 0.2) is 0 Å². The average molecular weight is 152 g/mol. The van der Waals surface area contributed by atoms with E-state index in [2.05, 4.69) is 10.2 Å². The zero-order valence-electron chi connectivity index (χ0n) is 6.92. The summed E-state index contributed by atoms with van der Waals surface area (Å²) in [4.78, 5) is 2.70. The summed E-state index contributed by atoms with van der Waals surface area (Å²) >= 11 is 0. The maximum absolute atomic E-state index is 3.52. The van der Waals surface area contributed by atoms with E-state index in [4.69, 9.17) is 0 Å². The summed E-state index contributed by atoms with van der Waals surface area (Å²) in [5, 5.41) is 3.52. The molecule has 0 aromatic rings. The van der Waals surface area contributed by atoms with E-state index in [0.717, 1.165) is 17.9 Å². The SMILES string of the molecule is C1CN2CCC1C1CNCC12. The van der Waals surface area contributed by atoms with Crippen LogP contribution < -0.4 is 5.32 Å². The first-order valence-corrected chi connectivity index (χ1v) is 4.90. The minimum Gasteiger partial charge on any atom is -0.315 e. The molecule has 4 aliphatic rings. The van der Waals surface area contributed by atoms with Crippen molar-refractivity contribution in [3.05, 3.63) is 0 Å². The van der Waals surface area contributed by atoms with Crippen LogP contribution >= 0.6 is 0 Å². The predicted molar refractivity (Wildman–Crippen MR) is 44.4 cm³/mol. The lowest BCUT2D eigenvalue weighted by atomic mass is 9.75. The Kier molecular flexibility index (Phi) is 1.29. The van der Waals surface area contributed by atoms with Crippen molar-refractivity contribution in [2.45, 2.75) is 18.9 Å². The van der Waals surface area contributed by atoms with Gasteiger partial charge in [-0.1, -0.05) is 0 Å². The molecular weight excluding hydrogens is 136 g/mol. The summed E-state index contributed by atoms with van der Waals surface area (Å²) in [6.07, 6.45) is 2.95. The van der Waals surface area contributed by atoms with E-state index in [-0.39, 0.29) is 0 Å². The van der Waals surface area contributed by atoms with Crippen molar-refractivity contribution in [1.82, 2.24) is 10.2 Å². The number of fused-ring (bicyclic) bond motifs is 2. The first kappa shape index (κ1) is 6.44. The third-order valence-electron chi connectivity index (χ3n) is 3.88. The zero-order chi connectivity index (χ0) is 7.26. The molecule has 62 valence electrons. The van der Waals surface area contributed by atoms with Crippen molar-refractivity contribution in [2.24, 2.45) is 11.8 Å². The smallest absolute Gasteiger partial charge is 0.0263 e. The standard InChI is InChI=1S/C9H16N2/c1-3-11-4-2-7(1)8-5-10-6-9(8)11/h7-10H,1-6H2. The van der Waals surface area contributed by atoms with Gasteiger partial charge in [0.05, 0.1) is 0 Å². The van der Waals surface area contributed by atoms with Gasteiger partial charge in [0.15, 0.2) is 0 Å². The van der Waals surface area contributed by atoms with Crippen molar-refractivity contribution in [2.75, 3.05) is 26.2 Å². The fourth-order valence-corrected chi connectivity index (χ4v) is 3.25. The Morgan fingerprint density at radius 1 is 1.09 bits per heavy atom. The molecule has 4 saturated heterocycles. The topological polar surface area (TPSA) is 15.3 Å². The van der Waals surface area contributed by atoms with Gasteiger partial charge in [-0.3, -0.25) is 4.90 Å². The molecule has 4 heterocycles. The number of hydrogen-bond donors (Lipinski definition) is 1. The normalized spacial score (nSPS) is 54.5. The molecule has 2 heteroatoms. The Bertz CT molecular complexity index is 143. The first-order chi connectivity index (χ1) is 5.45. The number of nitrogens with one attached hydrogen (secondary N) is 1. The van der Waals surface area contributed by atoms with E-state index in [9.17, 15) is 0 Å². The van der Waals surface area contributed by atoms with Crippen LogP contribution in [0.3, 0.4) is 0 Å². The van der Waals surface area contributed by atoms with E-state index in [1.54, 1.807) is 0 Å². The quantitative estimate of drug-likeness (QED) is 0.537. The Labute approximate surface area is 68.0 Å². The van der Waals surface area contributed by atoms with Gasteiger partial charge in [0.25, 0.3) is 0 Å². The third kappa shape index (κ3) is 0.798. The fourth-order valence-electron chi connectivity index (χ4n) is 3.25. The number of nitrogens with zero attached hydrogens (tertiary/aromatic N) is 1. The second kappa shape index (κ2) is 2.20. The molecule has 4 rings (SSSR count). The van der Waals surface area contributed by atoms with Crippen LogP contribution in [0, 0.1) is 11.8 Å². The third-order valence-corrected chi connectivity index (χ3v) is 3.88. The molecule has 0 amide bonds. The van der Waals surface area contributed by atoms with Gasteiger partial charge in [0, 0.05) is 12.6 Å². The van der Waals surface area contributed by atoms with Crippen LogP contribution in [0.1, 0.15) is 12.8 Å². The summed E-state index contributed by atoms with van der Waals surface area (Å²) in [7, 11) is 0. The Balaban J connectivity index is 1.89. The number of rotatable bonds is 0. The van der Waals surface area contributed by atoms with Crippen LogP contribution in [0.5, 0.6) is 0 Å². The molecule has 1 N–H and O–H groups in total. The maximum atomic E-state index is 3.52. The van der Waals surface area contributed by atoms with E-state index in [1.165, 1.54) is 39.0 Å². The van der Waals surface area contributed by atoms with E-state index >= 15 is 0 Å². The van der Waals surface area contributed by atoms with Crippen LogP contribution in [0.25, 0.3) is 0 Å². The summed E-state index contributed by atoms with van der Waals surface area (Å²) < 4.78 is 0. The molecule has 0 spiro atoms. The predicted octanol–water partition coefficient (Wildman–Crippen LogP) is 0.300. The number of hydrogen-bond acceptors (Lipinski definition) is 2. The summed E-state index contributed by atoms with van der Waals surface area (Å²) in [5.74, 6) is 2.08. The molecule has 2 atom stereocenters. The van der Waals surface area contributed by atoms with Gasteiger partial charge in [-0.05, 0) is 44.3 Å². The van der Waals surface area contributed by atoms with E-state index < -0.39 is 0 Å². The molecule has 4 aliphatic heterocycles. The van der Waals surface area contributed by atoms with Gasteiger partial charge in [-0.2, -0.15) is 0 Å². The van der Waals surface area contributed by atoms with Crippen molar-refractivity contribution in [3.63, 3.8) is 0 Å². The molecule has 0 aromatic carbocycles. The van der Waals surface area contributed by atoms with Crippen molar-refractivity contribution in [1.29, 1.82) is 0 Å². The summed E-state index contributed by atoms with van der Waals surface area (Å²) in [5.41, 5.74) is 0. The monoisotopic (exact) mass is 152 g/mol. The Hall–Kier alpha value is -0.0800. The van der Waals surface area contributed by atoms with Crippen LogP contribution in [-0.2, 0) is 0 Å². The average Bonchev–Trinajstić information content (AvgIpc) is 2.55. The van der Waals surface area contributed by atoms with Gasteiger partial charge in [-0.25, -0.2) is 0 Å². The van der Waals surface area contributed by atoms with Gasteiger partial charge in [0.1, 0.15) is 0 Å². The Morgan fingerprint density at radius 2 is 1.91 bits per heavy atom. The molecule has 2 bridgehead atoms. The maximum Gasteiger partial charge on any atom is 0.0263 e. The van der Waals surface area contributed by atoms with Crippen LogP contribution in [-0.4, -0.2) is 37.1 Å². The molecule has 2 nitrogen and oxygen atoms in total. The summed E-state index contributed by atoms with van der Waals surface area (Å²) in [6, 6.07) is 0.919. The highest BCUT2D eigenvalue weighted by Crippen LogP contribution is 2.38. The zero-order valence-corrected chi connectivity index (χ0v) is 6.92. The van der Waals surface area contributed by atoms with E-state index in [1.807, 2.05) is 0 Å². The van der Waals surface area contributed by atoms with Crippen LogP contribution in [0.2, 0.25) is 0 Å². The molecule has 4 fully saturated rings. The van der Waals surface area contributed by atoms with Crippen molar-refractivity contribution in [3.8, 4) is 0 Å². The second-order valence-electron chi connectivity index (χ2n) is 4.26. The van der Waals surface area contributed by atoms with Gasteiger partial charge < -0.3 is 5.32 Å². The molecular formula is C9H16N2.